The number of ether oxygens (including phenoxy) is 3. The second-order valence-corrected chi connectivity index (χ2v) is 15.6. The van der Waals surface area contributed by atoms with Crippen LogP contribution in [0.2, 0.25) is 0 Å². The van der Waals surface area contributed by atoms with Gasteiger partial charge in [0.25, 0.3) is 0 Å². The number of rotatable bonds is 42. The van der Waals surface area contributed by atoms with Gasteiger partial charge < -0.3 is 14.2 Å². The number of hydrogen-bond acceptors (Lipinski definition) is 6. The predicted octanol–water partition coefficient (Wildman–Crippen LogP) is 15.8. The highest BCUT2D eigenvalue weighted by Crippen LogP contribution is 2.13. The molecule has 0 aliphatic carbocycles. The van der Waals surface area contributed by atoms with E-state index in [-0.39, 0.29) is 37.5 Å². The first kappa shape index (κ1) is 56.3. The average molecular weight is 833 g/mol. The lowest BCUT2D eigenvalue weighted by atomic mass is 10.1. The molecule has 0 radical (unpaired) electrons. The second kappa shape index (κ2) is 48.0. The molecule has 340 valence electrons. The molecule has 0 aliphatic heterocycles. The summed E-state index contributed by atoms with van der Waals surface area (Å²) in [4.78, 5) is 37.8. The smallest absolute Gasteiger partial charge is 0.306 e. The standard InChI is InChI=1S/C54H88O6/c1-4-7-10-13-16-19-22-24-26-28-30-32-35-38-41-44-47-53(56)59-50-51(49-58-52(55)46-43-40-37-34-21-18-15-12-9-6-3)60-54(57)48-45-42-39-36-33-31-29-27-25-23-20-17-14-11-8-5-2/h7-8,10-11,16-17,19-20,24-27,30-33,51H,4-6,9,12-15,18,21-23,28-29,34-50H2,1-3H3/b10-7-,11-8-,19-16-,20-17-,26-24-,27-25-,32-30-,33-31-. The highest BCUT2D eigenvalue weighted by molar-refractivity contribution is 5.71. The molecule has 0 spiro atoms. The lowest BCUT2D eigenvalue weighted by Gasteiger charge is -2.18. The van der Waals surface area contributed by atoms with Crippen molar-refractivity contribution in [2.75, 3.05) is 13.2 Å². The van der Waals surface area contributed by atoms with Gasteiger partial charge in [0, 0.05) is 19.3 Å². The van der Waals surface area contributed by atoms with Crippen molar-refractivity contribution in [3.63, 3.8) is 0 Å². The van der Waals surface area contributed by atoms with Gasteiger partial charge in [-0.2, -0.15) is 0 Å². The molecule has 0 aromatic carbocycles. The van der Waals surface area contributed by atoms with Crippen LogP contribution in [0.5, 0.6) is 0 Å². The topological polar surface area (TPSA) is 78.9 Å². The number of carbonyl (C=O) groups excluding carboxylic acids is 3. The molecule has 0 rings (SSSR count). The van der Waals surface area contributed by atoms with Gasteiger partial charge >= 0.3 is 17.9 Å². The van der Waals surface area contributed by atoms with Gasteiger partial charge in [0.1, 0.15) is 13.2 Å². The summed E-state index contributed by atoms with van der Waals surface area (Å²) in [6.07, 6.45) is 62.5. The maximum Gasteiger partial charge on any atom is 0.306 e. The van der Waals surface area contributed by atoms with E-state index in [9.17, 15) is 14.4 Å². The third-order valence-corrected chi connectivity index (χ3v) is 9.83. The minimum atomic E-state index is -0.805. The van der Waals surface area contributed by atoms with Crippen molar-refractivity contribution in [1.82, 2.24) is 0 Å². The van der Waals surface area contributed by atoms with Crippen LogP contribution in [0, 0.1) is 0 Å². The van der Waals surface area contributed by atoms with Crippen molar-refractivity contribution >= 4 is 17.9 Å². The van der Waals surface area contributed by atoms with Crippen LogP contribution in [0.3, 0.4) is 0 Å². The summed E-state index contributed by atoms with van der Waals surface area (Å²) in [5.74, 6) is -0.973. The Kier molecular flexibility index (Phi) is 45.1. The highest BCUT2D eigenvalue weighted by atomic mass is 16.6. The number of esters is 3. The van der Waals surface area contributed by atoms with Crippen molar-refractivity contribution in [1.29, 1.82) is 0 Å². The Morgan fingerprint density at radius 2 is 0.650 bits per heavy atom. The second-order valence-electron chi connectivity index (χ2n) is 15.6. The summed E-state index contributed by atoms with van der Waals surface area (Å²) in [6.45, 7) is 6.32. The van der Waals surface area contributed by atoms with Crippen LogP contribution in [0.15, 0.2) is 97.2 Å². The Morgan fingerprint density at radius 1 is 0.350 bits per heavy atom. The molecule has 60 heavy (non-hydrogen) atoms. The maximum absolute atomic E-state index is 12.8. The number of unbranched alkanes of at least 4 members (excludes halogenated alkanes) is 15. The fraction of sp³-hybridized carbons (Fsp3) is 0.648. The van der Waals surface area contributed by atoms with Crippen LogP contribution in [-0.4, -0.2) is 37.2 Å². The quantitative estimate of drug-likeness (QED) is 0.0264. The van der Waals surface area contributed by atoms with E-state index >= 15 is 0 Å². The third kappa shape index (κ3) is 45.4. The first-order chi connectivity index (χ1) is 29.5. The van der Waals surface area contributed by atoms with Crippen LogP contribution in [0.25, 0.3) is 0 Å². The summed E-state index contributed by atoms with van der Waals surface area (Å²) >= 11 is 0. The van der Waals surface area contributed by atoms with E-state index in [0.29, 0.717) is 12.8 Å². The van der Waals surface area contributed by atoms with E-state index in [0.717, 1.165) is 122 Å². The van der Waals surface area contributed by atoms with Gasteiger partial charge in [0.05, 0.1) is 0 Å². The summed E-state index contributed by atoms with van der Waals surface area (Å²) in [5.41, 5.74) is 0. The molecule has 0 bridgehead atoms. The van der Waals surface area contributed by atoms with Crippen molar-refractivity contribution < 1.29 is 28.6 Å². The minimum absolute atomic E-state index is 0.101. The van der Waals surface area contributed by atoms with Crippen molar-refractivity contribution in [2.24, 2.45) is 0 Å². The first-order valence-corrected chi connectivity index (χ1v) is 24.2. The first-order valence-electron chi connectivity index (χ1n) is 24.2. The normalized spacial score (nSPS) is 12.9. The predicted molar refractivity (Wildman–Crippen MR) is 256 cm³/mol. The van der Waals surface area contributed by atoms with Crippen LogP contribution in [0.1, 0.15) is 207 Å². The summed E-state index contributed by atoms with van der Waals surface area (Å²) < 4.78 is 16.7. The minimum Gasteiger partial charge on any atom is -0.462 e. The zero-order valence-corrected chi connectivity index (χ0v) is 38.7. The monoisotopic (exact) mass is 833 g/mol. The van der Waals surface area contributed by atoms with Gasteiger partial charge in [-0.1, -0.05) is 189 Å². The highest BCUT2D eigenvalue weighted by Gasteiger charge is 2.19. The molecular formula is C54H88O6. The van der Waals surface area contributed by atoms with Gasteiger partial charge in [0.2, 0.25) is 0 Å². The Labute approximate surface area is 368 Å². The zero-order chi connectivity index (χ0) is 43.7. The molecule has 0 N–H and O–H groups in total. The fourth-order valence-electron chi connectivity index (χ4n) is 6.25. The SMILES string of the molecule is CC/C=C\C/C=C\C/C=C\C/C=C\CCCCCC(=O)OCC(COC(=O)CCCCCCCCCCCC)OC(=O)CCCCC/C=C\C/C=C\C/C=C\C/C=C\CC. The molecule has 0 amide bonds. The Bertz CT molecular complexity index is 1230. The molecule has 1 atom stereocenters. The van der Waals surface area contributed by atoms with Gasteiger partial charge in [-0.3, -0.25) is 14.4 Å². The molecule has 6 heteroatoms. The van der Waals surface area contributed by atoms with E-state index in [1.54, 1.807) is 0 Å². The Morgan fingerprint density at radius 3 is 1.02 bits per heavy atom. The van der Waals surface area contributed by atoms with E-state index in [4.69, 9.17) is 14.2 Å². The molecule has 0 aromatic rings. The van der Waals surface area contributed by atoms with Gasteiger partial charge in [-0.05, 0) is 96.3 Å². The molecule has 0 saturated heterocycles. The molecule has 6 nitrogen and oxygen atoms in total. The van der Waals surface area contributed by atoms with E-state index < -0.39 is 6.10 Å². The van der Waals surface area contributed by atoms with Crippen molar-refractivity contribution in [2.45, 2.75) is 213 Å². The molecule has 0 fully saturated rings. The lowest BCUT2D eigenvalue weighted by molar-refractivity contribution is -0.167. The molecular weight excluding hydrogens is 745 g/mol. The maximum atomic E-state index is 12.8. The lowest BCUT2D eigenvalue weighted by Crippen LogP contribution is -2.30. The summed E-state index contributed by atoms with van der Waals surface area (Å²) in [7, 11) is 0. The van der Waals surface area contributed by atoms with Gasteiger partial charge in [-0.25, -0.2) is 0 Å². The summed E-state index contributed by atoms with van der Waals surface area (Å²) in [6, 6.07) is 0. The summed E-state index contributed by atoms with van der Waals surface area (Å²) in [5, 5.41) is 0. The Balaban J connectivity index is 4.50. The average Bonchev–Trinajstić information content (AvgIpc) is 3.24. The number of hydrogen-bond donors (Lipinski definition) is 0. The van der Waals surface area contributed by atoms with Gasteiger partial charge in [0.15, 0.2) is 6.10 Å². The van der Waals surface area contributed by atoms with Crippen molar-refractivity contribution in [3.05, 3.63) is 97.2 Å². The largest absolute Gasteiger partial charge is 0.462 e. The fourth-order valence-corrected chi connectivity index (χ4v) is 6.25. The van der Waals surface area contributed by atoms with Crippen molar-refractivity contribution in [3.8, 4) is 0 Å². The van der Waals surface area contributed by atoms with E-state index in [2.05, 4.69) is 118 Å². The zero-order valence-electron chi connectivity index (χ0n) is 38.7. The van der Waals surface area contributed by atoms with Crippen LogP contribution in [0.4, 0.5) is 0 Å². The van der Waals surface area contributed by atoms with E-state index in [1.807, 2.05) is 0 Å². The number of allylic oxidation sites excluding steroid dienone is 16. The molecule has 0 saturated carbocycles. The molecule has 0 heterocycles. The van der Waals surface area contributed by atoms with Crippen LogP contribution >= 0.6 is 0 Å². The third-order valence-electron chi connectivity index (χ3n) is 9.83. The Hall–Kier alpha value is -3.67. The van der Waals surface area contributed by atoms with Crippen LogP contribution < -0.4 is 0 Å². The molecule has 1 unspecified atom stereocenters. The van der Waals surface area contributed by atoms with Gasteiger partial charge in [-0.15, -0.1) is 0 Å². The van der Waals surface area contributed by atoms with Crippen LogP contribution in [-0.2, 0) is 28.6 Å². The molecule has 0 aliphatic rings. The molecule has 0 aromatic heterocycles. The number of carbonyl (C=O) groups is 3. The van der Waals surface area contributed by atoms with E-state index in [1.165, 1.54) is 44.9 Å².